The van der Waals surface area contributed by atoms with Gasteiger partial charge in [-0.2, -0.15) is 0 Å². The number of amides is 1. The minimum atomic E-state index is -0.438. The number of hydrogen-bond donors (Lipinski definition) is 2. The summed E-state index contributed by atoms with van der Waals surface area (Å²) >= 11 is 0. The fourth-order valence-electron chi connectivity index (χ4n) is 2.75. The van der Waals surface area contributed by atoms with Gasteiger partial charge in [-0.1, -0.05) is 0 Å². The number of esters is 1. The van der Waals surface area contributed by atoms with Gasteiger partial charge in [0.1, 0.15) is 5.69 Å². The van der Waals surface area contributed by atoms with Crippen LogP contribution in [0, 0.1) is 13.8 Å². The highest BCUT2D eigenvalue weighted by atomic mass is 16.5. The van der Waals surface area contributed by atoms with Crippen molar-refractivity contribution in [2.75, 3.05) is 13.7 Å². The van der Waals surface area contributed by atoms with E-state index in [0.29, 0.717) is 22.5 Å². The van der Waals surface area contributed by atoms with Crippen LogP contribution in [0.5, 0.6) is 0 Å². The zero-order valence-electron chi connectivity index (χ0n) is 12.9. The average Bonchev–Trinajstić information content (AvgIpc) is 3.06. The van der Waals surface area contributed by atoms with E-state index >= 15 is 0 Å². The molecule has 0 aromatic carbocycles. The Morgan fingerprint density at radius 1 is 1.43 bits per heavy atom. The number of aromatic nitrogens is 1. The molecule has 1 fully saturated rings. The fourth-order valence-corrected chi connectivity index (χ4v) is 2.75. The van der Waals surface area contributed by atoms with Crippen molar-refractivity contribution in [3.8, 4) is 0 Å². The number of H-pyrrole nitrogens is 1. The minimum Gasteiger partial charge on any atom is -0.465 e. The molecule has 0 aliphatic carbocycles. The second kappa shape index (κ2) is 6.30. The van der Waals surface area contributed by atoms with Gasteiger partial charge in [-0.3, -0.25) is 4.79 Å². The van der Waals surface area contributed by atoms with Crippen LogP contribution in [0.25, 0.3) is 0 Å². The molecule has 6 heteroatoms. The topological polar surface area (TPSA) is 80.4 Å². The third kappa shape index (κ3) is 3.10. The van der Waals surface area contributed by atoms with Gasteiger partial charge < -0.3 is 19.8 Å². The maximum absolute atomic E-state index is 12.4. The first-order chi connectivity index (χ1) is 9.95. The molecule has 1 aliphatic rings. The van der Waals surface area contributed by atoms with Crippen molar-refractivity contribution >= 4 is 11.9 Å². The maximum Gasteiger partial charge on any atom is 0.339 e. The number of rotatable bonds is 4. The van der Waals surface area contributed by atoms with Gasteiger partial charge in [0.15, 0.2) is 0 Å². The van der Waals surface area contributed by atoms with Crippen molar-refractivity contribution in [3.63, 3.8) is 0 Å². The lowest BCUT2D eigenvalue weighted by Gasteiger charge is -2.19. The van der Waals surface area contributed by atoms with Gasteiger partial charge in [0.05, 0.1) is 24.8 Å². The Balaban J connectivity index is 2.14. The van der Waals surface area contributed by atoms with Crippen molar-refractivity contribution in [2.24, 2.45) is 0 Å². The first kappa shape index (κ1) is 15.6. The lowest BCUT2D eigenvalue weighted by molar-refractivity contribution is 0.0599. The molecule has 1 amide bonds. The SMILES string of the molecule is COC(=O)c1c(C)[nH]c(C(=O)NC(C)C2CCCO2)c1C. The molecule has 116 valence electrons. The van der Waals surface area contributed by atoms with Gasteiger partial charge in [-0.05, 0) is 39.2 Å². The molecule has 2 rings (SSSR count). The Labute approximate surface area is 124 Å². The van der Waals surface area contributed by atoms with E-state index in [1.807, 2.05) is 6.92 Å². The average molecular weight is 294 g/mol. The monoisotopic (exact) mass is 294 g/mol. The van der Waals surface area contributed by atoms with Crippen LogP contribution in [0.15, 0.2) is 0 Å². The molecule has 0 radical (unpaired) electrons. The van der Waals surface area contributed by atoms with Gasteiger partial charge in [0.2, 0.25) is 0 Å². The number of hydrogen-bond acceptors (Lipinski definition) is 4. The molecule has 2 unspecified atom stereocenters. The van der Waals surface area contributed by atoms with Crippen LogP contribution in [0.1, 0.15) is 51.9 Å². The molecular weight excluding hydrogens is 272 g/mol. The summed E-state index contributed by atoms with van der Waals surface area (Å²) in [6.45, 7) is 6.17. The first-order valence-corrected chi connectivity index (χ1v) is 7.15. The lowest BCUT2D eigenvalue weighted by atomic mass is 10.1. The summed E-state index contributed by atoms with van der Waals surface area (Å²) in [5.41, 5.74) is 2.07. The molecule has 2 heterocycles. The molecule has 21 heavy (non-hydrogen) atoms. The molecule has 0 saturated carbocycles. The number of carbonyl (C=O) groups excluding carboxylic acids is 2. The number of ether oxygens (including phenoxy) is 2. The smallest absolute Gasteiger partial charge is 0.339 e. The number of methoxy groups -OCH3 is 1. The minimum absolute atomic E-state index is 0.0605. The summed E-state index contributed by atoms with van der Waals surface area (Å²) in [5, 5.41) is 2.93. The Morgan fingerprint density at radius 2 is 2.14 bits per heavy atom. The van der Waals surface area contributed by atoms with E-state index in [9.17, 15) is 9.59 Å². The van der Waals surface area contributed by atoms with Crippen molar-refractivity contribution in [2.45, 2.75) is 45.8 Å². The van der Waals surface area contributed by atoms with Crippen LogP contribution in [-0.4, -0.2) is 42.7 Å². The summed E-state index contributed by atoms with van der Waals surface area (Å²) < 4.78 is 10.3. The van der Waals surface area contributed by atoms with Crippen LogP contribution in [0.3, 0.4) is 0 Å². The molecule has 1 aromatic heterocycles. The van der Waals surface area contributed by atoms with E-state index in [1.54, 1.807) is 13.8 Å². The highest BCUT2D eigenvalue weighted by molar-refractivity contribution is 6.00. The second-order valence-corrected chi connectivity index (χ2v) is 5.43. The van der Waals surface area contributed by atoms with Gasteiger partial charge in [0.25, 0.3) is 5.91 Å². The maximum atomic E-state index is 12.4. The Hall–Kier alpha value is -1.82. The van der Waals surface area contributed by atoms with Crippen molar-refractivity contribution < 1.29 is 19.1 Å². The van der Waals surface area contributed by atoms with Crippen molar-refractivity contribution in [1.29, 1.82) is 0 Å². The van der Waals surface area contributed by atoms with Crippen LogP contribution in [-0.2, 0) is 9.47 Å². The standard InChI is InChI=1S/C15H22N2O4/c1-8-12(15(19)20-4)10(3)16-13(8)14(18)17-9(2)11-6-5-7-21-11/h9,11,16H,5-7H2,1-4H3,(H,17,18). The van der Waals surface area contributed by atoms with Gasteiger partial charge >= 0.3 is 5.97 Å². The predicted molar refractivity (Wildman–Crippen MR) is 77.5 cm³/mol. The summed E-state index contributed by atoms with van der Waals surface area (Å²) in [4.78, 5) is 27.1. The Morgan fingerprint density at radius 3 is 2.71 bits per heavy atom. The van der Waals surface area contributed by atoms with Crippen LogP contribution in [0.4, 0.5) is 0 Å². The van der Waals surface area contributed by atoms with Crippen LogP contribution < -0.4 is 5.32 Å². The van der Waals surface area contributed by atoms with E-state index < -0.39 is 5.97 Å². The Kier molecular flexibility index (Phi) is 4.67. The lowest BCUT2D eigenvalue weighted by Crippen LogP contribution is -2.41. The zero-order valence-corrected chi connectivity index (χ0v) is 12.9. The van der Waals surface area contributed by atoms with Gasteiger partial charge in [0, 0.05) is 12.3 Å². The summed E-state index contributed by atoms with van der Waals surface area (Å²) in [5.74, 6) is -0.666. The number of aryl methyl sites for hydroxylation is 1. The summed E-state index contributed by atoms with van der Waals surface area (Å²) in [7, 11) is 1.33. The number of nitrogens with one attached hydrogen (secondary N) is 2. The molecule has 0 bridgehead atoms. The largest absolute Gasteiger partial charge is 0.465 e. The molecule has 6 nitrogen and oxygen atoms in total. The first-order valence-electron chi connectivity index (χ1n) is 7.15. The molecule has 2 atom stereocenters. The quantitative estimate of drug-likeness (QED) is 0.829. The van der Waals surface area contributed by atoms with Crippen molar-refractivity contribution in [3.05, 3.63) is 22.5 Å². The van der Waals surface area contributed by atoms with E-state index in [1.165, 1.54) is 7.11 Å². The third-order valence-corrected chi connectivity index (χ3v) is 3.94. The van der Waals surface area contributed by atoms with E-state index in [-0.39, 0.29) is 18.1 Å². The van der Waals surface area contributed by atoms with Gasteiger partial charge in [-0.25, -0.2) is 4.79 Å². The highest BCUT2D eigenvalue weighted by Crippen LogP contribution is 2.20. The number of aromatic amines is 1. The van der Waals surface area contributed by atoms with E-state index in [2.05, 4.69) is 10.3 Å². The predicted octanol–water partition coefficient (Wildman–Crippen LogP) is 1.72. The summed E-state index contributed by atoms with van der Waals surface area (Å²) in [6.07, 6.45) is 2.04. The third-order valence-electron chi connectivity index (χ3n) is 3.94. The molecule has 2 N–H and O–H groups in total. The normalized spacial score (nSPS) is 19.3. The second-order valence-electron chi connectivity index (χ2n) is 5.43. The van der Waals surface area contributed by atoms with Crippen LogP contribution >= 0.6 is 0 Å². The molecule has 0 spiro atoms. The Bertz CT molecular complexity index is 544. The zero-order chi connectivity index (χ0) is 15.6. The van der Waals surface area contributed by atoms with Crippen LogP contribution in [0.2, 0.25) is 0 Å². The fraction of sp³-hybridized carbons (Fsp3) is 0.600. The van der Waals surface area contributed by atoms with E-state index in [4.69, 9.17) is 9.47 Å². The highest BCUT2D eigenvalue weighted by Gasteiger charge is 2.27. The molecule has 1 aromatic rings. The number of carbonyl (C=O) groups is 2. The molecular formula is C15H22N2O4. The summed E-state index contributed by atoms with van der Waals surface area (Å²) in [6, 6.07) is -0.0652. The van der Waals surface area contributed by atoms with Gasteiger partial charge in [-0.15, -0.1) is 0 Å². The molecule has 1 aliphatic heterocycles. The van der Waals surface area contributed by atoms with Crippen molar-refractivity contribution in [1.82, 2.24) is 10.3 Å². The molecule has 1 saturated heterocycles. The van der Waals surface area contributed by atoms with E-state index in [0.717, 1.165) is 19.4 Å².